The zero-order valence-corrected chi connectivity index (χ0v) is 8.29. The van der Waals surface area contributed by atoms with E-state index in [-0.39, 0.29) is 0 Å². The lowest BCUT2D eigenvalue weighted by Gasteiger charge is -2.04. The van der Waals surface area contributed by atoms with Gasteiger partial charge in [0.25, 0.3) is 16.1 Å². The molecule has 0 spiro atoms. The van der Waals surface area contributed by atoms with Gasteiger partial charge < -0.3 is 0 Å². The van der Waals surface area contributed by atoms with Crippen molar-refractivity contribution in [3.05, 3.63) is 29.1 Å². The molecule has 0 saturated carbocycles. The van der Waals surface area contributed by atoms with Crippen LogP contribution in [0.15, 0.2) is 9.29 Å². The number of benzene rings is 1. The molecule has 0 aromatic heterocycles. The van der Waals surface area contributed by atoms with Crippen LogP contribution in [0, 0.1) is 29.1 Å². The molecule has 1 aromatic carbocycles. The molecule has 0 radical (unpaired) electrons. The van der Waals surface area contributed by atoms with Crippen molar-refractivity contribution in [3.8, 4) is 0 Å². The molecule has 10 heteroatoms. The summed E-state index contributed by atoms with van der Waals surface area (Å²) in [5, 5.41) is 0. The summed E-state index contributed by atoms with van der Waals surface area (Å²) in [4.78, 5) is 7.48. The molecule has 1 aromatic rings. The van der Waals surface area contributed by atoms with Crippen molar-refractivity contribution in [1.82, 2.24) is 0 Å². The van der Waals surface area contributed by atoms with Gasteiger partial charge in [0.05, 0.1) is 0 Å². The topological polar surface area (TPSA) is 63.6 Å². The highest BCUT2D eigenvalue weighted by atomic mass is 32.2. The Labute approximate surface area is 90.4 Å². The van der Waals surface area contributed by atoms with E-state index in [0.29, 0.717) is 6.08 Å². The lowest BCUT2D eigenvalue weighted by Crippen LogP contribution is -2.11. The Balaban J connectivity index is 3.85. The van der Waals surface area contributed by atoms with Crippen molar-refractivity contribution in [2.45, 2.75) is 4.90 Å². The first-order valence-corrected chi connectivity index (χ1v) is 5.03. The van der Waals surface area contributed by atoms with E-state index in [1.165, 1.54) is 0 Å². The molecule has 0 bridgehead atoms. The monoisotopic (exact) mass is 273 g/mol. The molecular formula is C7F5NO3S. The highest BCUT2D eigenvalue weighted by molar-refractivity contribution is 7.90. The van der Waals surface area contributed by atoms with Gasteiger partial charge in [0, 0.05) is 0 Å². The van der Waals surface area contributed by atoms with Crippen LogP contribution in [-0.4, -0.2) is 14.5 Å². The number of nitrogens with zero attached hydrogens (tertiary/aromatic N) is 1. The van der Waals surface area contributed by atoms with Crippen LogP contribution in [0.2, 0.25) is 0 Å². The fraction of sp³-hybridized carbons (Fsp3) is 0. The van der Waals surface area contributed by atoms with Gasteiger partial charge in [-0.05, 0) is 0 Å². The average molecular weight is 273 g/mol. The summed E-state index contributed by atoms with van der Waals surface area (Å²) in [6.45, 7) is 0. The predicted molar refractivity (Wildman–Crippen MR) is 41.5 cm³/mol. The maximum Gasteiger partial charge on any atom is 0.298 e. The Morgan fingerprint density at radius 1 is 0.824 bits per heavy atom. The van der Waals surface area contributed by atoms with Crippen LogP contribution in [0.3, 0.4) is 0 Å². The van der Waals surface area contributed by atoms with Crippen molar-refractivity contribution < 1.29 is 35.2 Å². The predicted octanol–water partition coefficient (Wildman–Crippen LogP) is 1.41. The number of hydrogen-bond donors (Lipinski definition) is 0. The number of sulfonamides is 1. The standard InChI is InChI=1S/C7F5NO3S/c8-2-3(9)5(11)7(6(12)4(2)10)17(15,16)13-1-14. The fourth-order valence-corrected chi connectivity index (χ4v) is 1.73. The third-order valence-corrected chi connectivity index (χ3v) is 2.77. The van der Waals surface area contributed by atoms with Crippen LogP contribution in [0.4, 0.5) is 22.0 Å². The molecule has 0 amide bonds. The van der Waals surface area contributed by atoms with E-state index in [9.17, 15) is 35.2 Å². The lowest BCUT2D eigenvalue weighted by atomic mass is 10.3. The minimum atomic E-state index is -5.33. The van der Waals surface area contributed by atoms with E-state index >= 15 is 0 Å². The molecule has 0 saturated heterocycles. The maximum atomic E-state index is 12.9. The summed E-state index contributed by atoms with van der Waals surface area (Å²) in [5.74, 6) is -12.6. The van der Waals surface area contributed by atoms with Gasteiger partial charge in [-0.15, -0.1) is 0 Å². The lowest BCUT2D eigenvalue weighted by molar-refractivity contribution is 0.358. The van der Waals surface area contributed by atoms with E-state index in [1.807, 2.05) is 4.40 Å². The second kappa shape index (κ2) is 4.22. The molecule has 92 valence electrons. The Morgan fingerprint density at radius 3 is 1.53 bits per heavy atom. The van der Waals surface area contributed by atoms with Crippen LogP contribution in [-0.2, 0) is 14.8 Å². The van der Waals surface area contributed by atoms with Gasteiger partial charge in [-0.3, -0.25) is 0 Å². The van der Waals surface area contributed by atoms with Crippen LogP contribution < -0.4 is 0 Å². The van der Waals surface area contributed by atoms with Gasteiger partial charge >= 0.3 is 0 Å². The third kappa shape index (κ3) is 2.04. The summed E-state index contributed by atoms with van der Waals surface area (Å²) in [6, 6.07) is 0. The molecule has 0 heterocycles. The fourth-order valence-electron chi connectivity index (χ4n) is 0.906. The van der Waals surface area contributed by atoms with Crippen molar-refractivity contribution in [1.29, 1.82) is 0 Å². The summed E-state index contributed by atoms with van der Waals surface area (Å²) in [7, 11) is -5.33. The summed E-state index contributed by atoms with van der Waals surface area (Å²) >= 11 is 0. The van der Waals surface area contributed by atoms with Crippen molar-refractivity contribution >= 4 is 16.1 Å². The molecule has 0 aliphatic rings. The SMILES string of the molecule is O=C=NS(=O)(=O)c1c(F)c(F)c(F)c(F)c1F. The van der Waals surface area contributed by atoms with Gasteiger partial charge in [-0.25, -0.2) is 26.7 Å². The highest BCUT2D eigenvalue weighted by Gasteiger charge is 2.33. The molecule has 1 rings (SSSR count). The van der Waals surface area contributed by atoms with Crippen LogP contribution >= 0.6 is 0 Å². The molecule has 0 fully saturated rings. The Morgan fingerprint density at radius 2 is 1.18 bits per heavy atom. The largest absolute Gasteiger partial charge is 0.298 e. The smallest absolute Gasteiger partial charge is 0.210 e. The minimum Gasteiger partial charge on any atom is -0.210 e. The Hall–Kier alpha value is -1.80. The van der Waals surface area contributed by atoms with Gasteiger partial charge in [-0.1, -0.05) is 4.40 Å². The van der Waals surface area contributed by atoms with E-state index in [2.05, 4.69) is 0 Å². The van der Waals surface area contributed by atoms with Crippen molar-refractivity contribution in [3.63, 3.8) is 0 Å². The first-order chi connectivity index (χ1) is 7.74. The second-order valence-electron chi connectivity index (χ2n) is 2.56. The molecule has 0 aliphatic heterocycles. The highest BCUT2D eigenvalue weighted by Crippen LogP contribution is 2.27. The van der Waals surface area contributed by atoms with E-state index in [0.717, 1.165) is 0 Å². The van der Waals surface area contributed by atoms with Gasteiger partial charge in [0.2, 0.25) is 5.82 Å². The zero-order valence-electron chi connectivity index (χ0n) is 7.47. The zero-order chi connectivity index (χ0) is 13.4. The first-order valence-electron chi connectivity index (χ1n) is 3.59. The number of halogens is 5. The molecular weight excluding hydrogens is 273 g/mol. The Bertz CT molecular complexity index is 606. The maximum absolute atomic E-state index is 12.9. The normalized spacial score (nSPS) is 11.1. The second-order valence-corrected chi connectivity index (χ2v) is 4.10. The average Bonchev–Trinajstić information content (AvgIpc) is 2.23. The number of rotatable bonds is 2. The van der Waals surface area contributed by atoms with Gasteiger partial charge in [0.15, 0.2) is 28.2 Å². The summed E-state index contributed by atoms with van der Waals surface area (Å²) in [5.41, 5.74) is 0. The van der Waals surface area contributed by atoms with Crippen LogP contribution in [0.1, 0.15) is 0 Å². The van der Waals surface area contributed by atoms with Crippen LogP contribution in [0.25, 0.3) is 0 Å². The summed E-state index contributed by atoms with van der Waals surface area (Å²) < 4.78 is 87.5. The molecule has 17 heavy (non-hydrogen) atoms. The Kier molecular flexibility index (Phi) is 3.30. The summed E-state index contributed by atoms with van der Waals surface area (Å²) in [6.07, 6.45) is 0.429. The third-order valence-electron chi connectivity index (χ3n) is 1.58. The van der Waals surface area contributed by atoms with Gasteiger partial charge in [-0.2, -0.15) is 8.42 Å². The van der Waals surface area contributed by atoms with E-state index in [1.54, 1.807) is 0 Å². The number of carbonyl (C=O) groups excluding carboxylic acids is 1. The molecule has 4 nitrogen and oxygen atoms in total. The van der Waals surface area contributed by atoms with E-state index < -0.39 is 44.0 Å². The number of isocyanates is 1. The van der Waals surface area contributed by atoms with Crippen molar-refractivity contribution in [2.24, 2.45) is 4.40 Å². The minimum absolute atomic E-state index is 0.429. The number of hydrogen-bond acceptors (Lipinski definition) is 3. The quantitative estimate of drug-likeness (QED) is 0.269. The molecule has 0 unspecified atom stereocenters. The van der Waals surface area contributed by atoms with Gasteiger partial charge in [0.1, 0.15) is 0 Å². The van der Waals surface area contributed by atoms with Crippen LogP contribution in [0.5, 0.6) is 0 Å². The molecule has 0 aliphatic carbocycles. The first kappa shape index (κ1) is 13.3. The molecule has 0 atom stereocenters. The van der Waals surface area contributed by atoms with Crippen molar-refractivity contribution in [2.75, 3.05) is 0 Å². The molecule has 0 N–H and O–H groups in total. The van der Waals surface area contributed by atoms with E-state index in [4.69, 9.17) is 0 Å².